The van der Waals surface area contributed by atoms with Crippen molar-refractivity contribution < 1.29 is 10.2 Å². The first kappa shape index (κ1) is 13.5. The van der Waals surface area contributed by atoms with E-state index in [0.29, 0.717) is 17.8 Å². The highest BCUT2D eigenvalue weighted by Crippen LogP contribution is 2.26. The third kappa shape index (κ3) is 3.54. The van der Waals surface area contributed by atoms with Crippen molar-refractivity contribution in [2.75, 3.05) is 26.3 Å². The first-order chi connectivity index (χ1) is 9.18. The van der Waals surface area contributed by atoms with Gasteiger partial charge in [0.25, 0.3) is 0 Å². The number of aliphatic imine (C=N–C) groups is 2. The second kappa shape index (κ2) is 6.33. The Kier molecular flexibility index (Phi) is 4.52. The molecule has 0 aromatic heterocycles. The molecule has 1 aliphatic heterocycles. The summed E-state index contributed by atoms with van der Waals surface area (Å²) < 4.78 is 0. The Morgan fingerprint density at radius 3 is 2.74 bits per heavy atom. The molecule has 2 rings (SSSR count). The van der Waals surface area contributed by atoms with E-state index in [1.54, 1.807) is 25.1 Å². The van der Waals surface area contributed by atoms with Crippen molar-refractivity contribution in [1.82, 2.24) is 4.90 Å². The maximum Gasteiger partial charge on any atom is 0.128 e. The van der Waals surface area contributed by atoms with E-state index in [4.69, 9.17) is 0 Å². The van der Waals surface area contributed by atoms with Crippen LogP contribution in [-0.4, -0.2) is 53.3 Å². The summed E-state index contributed by atoms with van der Waals surface area (Å²) in [6, 6.07) is 4.71. The summed E-state index contributed by atoms with van der Waals surface area (Å²) in [5.41, 5.74) is 1.08. The Labute approximate surface area is 112 Å². The number of phenols is 2. The molecule has 102 valence electrons. The maximum atomic E-state index is 9.73. The molecular weight excluding hydrogens is 242 g/mol. The lowest BCUT2D eigenvalue weighted by molar-refractivity contribution is 0.340. The van der Waals surface area contributed by atoms with Crippen LogP contribution >= 0.6 is 0 Å². The highest BCUT2D eigenvalue weighted by atomic mass is 16.3. The fourth-order valence-corrected chi connectivity index (χ4v) is 2.09. The fourth-order valence-electron chi connectivity index (χ4n) is 2.09. The first-order valence-corrected chi connectivity index (χ1v) is 6.41. The van der Waals surface area contributed by atoms with Gasteiger partial charge in [-0.3, -0.25) is 14.9 Å². The minimum Gasteiger partial charge on any atom is -0.507 e. The molecule has 1 heterocycles. The van der Waals surface area contributed by atoms with Crippen LogP contribution in [0.2, 0.25) is 0 Å². The molecule has 0 unspecified atom stereocenters. The maximum absolute atomic E-state index is 9.73. The van der Waals surface area contributed by atoms with Crippen molar-refractivity contribution >= 4 is 11.9 Å². The molecule has 1 aliphatic rings. The van der Waals surface area contributed by atoms with Gasteiger partial charge in [0.1, 0.15) is 11.5 Å². The normalized spacial score (nSPS) is 16.2. The summed E-state index contributed by atoms with van der Waals surface area (Å²) in [5.74, 6) is 0.128. The van der Waals surface area contributed by atoms with Crippen LogP contribution in [0.15, 0.2) is 28.2 Å². The lowest BCUT2D eigenvalue weighted by Crippen LogP contribution is -2.22. The Morgan fingerprint density at radius 2 is 2.11 bits per heavy atom. The lowest BCUT2D eigenvalue weighted by atomic mass is 10.1. The second-order valence-electron chi connectivity index (χ2n) is 4.58. The van der Waals surface area contributed by atoms with E-state index in [9.17, 15) is 10.2 Å². The van der Waals surface area contributed by atoms with Gasteiger partial charge in [0, 0.05) is 31.6 Å². The number of hydrogen-bond acceptors (Lipinski definition) is 5. The van der Waals surface area contributed by atoms with Gasteiger partial charge in [0.15, 0.2) is 0 Å². The number of aromatic hydroxyl groups is 2. The zero-order chi connectivity index (χ0) is 13.7. The molecule has 0 saturated carbocycles. The van der Waals surface area contributed by atoms with Crippen molar-refractivity contribution in [3.63, 3.8) is 0 Å². The van der Waals surface area contributed by atoms with Crippen molar-refractivity contribution in [2.45, 2.75) is 13.3 Å². The average Bonchev–Trinajstić information content (AvgIpc) is 2.87. The molecule has 2 N–H and O–H groups in total. The zero-order valence-electron chi connectivity index (χ0n) is 11.1. The highest BCUT2D eigenvalue weighted by molar-refractivity contribution is 6.03. The summed E-state index contributed by atoms with van der Waals surface area (Å²) in [6.07, 6.45) is 2.86. The lowest BCUT2D eigenvalue weighted by Gasteiger charge is -2.12. The molecule has 0 bridgehead atoms. The number of hydrogen-bond donors (Lipinski definition) is 2. The third-order valence-corrected chi connectivity index (χ3v) is 3.11. The van der Waals surface area contributed by atoms with E-state index >= 15 is 0 Å². The van der Waals surface area contributed by atoms with Gasteiger partial charge >= 0.3 is 0 Å². The summed E-state index contributed by atoms with van der Waals surface area (Å²) >= 11 is 0. The van der Waals surface area contributed by atoms with Crippen molar-refractivity contribution in [3.8, 4) is 11.5 Å². The van der Waals surface area contributed by atoms with Gasteiger partial charge in [0.2, 0.25) is 0 Å². The summed E-state index contributed by atoms with van der Waals surface area (Å²) in [5, 5.41) is 19.5. The highest BCUT2D eigenvalue weighted by Gasteiger charge is 2.10. The van der Waals surface area contributed by atoms with Crippen molar-refractivity contribution in [3.05, 3.63) is 23.8 Å². The number of benzene rings is 1. The van der Waals surface area contributed by atoms with Crippen LogP contribution in [0.3, 0.4) is 0 Å². The summed E-state index contributed by atoms with van der Waals surface area (Å²) in [7, 11) is 0. The Morgan fingerprint density at radius 1 is 1.37 bits per heavy atom. The van der Waals surface area contributed by atoms with Crippen molar-refractivity contribution in [1.29, 1.82) is 0 Å². The van der Waals surface area contributed by atoms with E-state index in [1.165, 1.54) is 0 Å². The van der Waals surface area contributed by atoms with Gasteiger partial charge in [-0.05, 0) is 25.5 Å². The molecule has 0 fully saturated rings. The van der Waals surface area contributed by atoms with Crippen LogP contribution in [0.4, 0.5) is 0 Å². The average molecular weight is 261 g/mol. The molecule has 1 aromatic rings. The van der Waals surface area contributed by atoms with Crippen LogP contribution in [0.25, 0.3) is 0 Å². The quantitative estimate of drug-likeness (QED) is 0.625. The van der Waals surface area contributed by atoms with Crippen LogP contribution < -0.4 is 0 Å². The van der Waals surface area contributed by atoms with Crippen LogP contribution in [0.5, 0.6) is 11.5 Å². The fraction of sp³-hybridized carbons (Fsp3) is 0.429. The number of nitrogens with zero attached hydrogens (tertiary/aromatic N) is 3. The third-order valence-electron chi connectivity index (χ3n) is 3.11. The molecule has 0 radical (unpaired) electrons. The van der Waals surface area contributed by atoms with Gasteiger partial charge in [0.05, 0.1) is 12.2 Å². The molecule has 0 aliphatic carbocycles. The summed E-state index contributed by atoms with van der Waals surface area (Å²) in [4.78, 5) is 10.8. The molecule has 5 heteroatoms. The molecule has 19 heavy (non-hydrogen) atoms. The minimum absolute atomic E-state index is 0.0641. The van der Waals surface area contributed by atoms with E-state index < -0.39 is 0 Å². The molecule has 1 aromatic carbocycles. The van der Waals surface area contributed by atoms with Crippen molar-refractivity contribution in [2.24, 2.45) is 9.98 Å². The molecule has 5 nitrogen and oxygen atoms in total. The number of rotatable bonds is 5. The van der Waals surface area contributed by atoms with Gasteiger partial charge in [-0.1, -0.05) is 6.07 Å². The van der Waals surface area contributed by atoms with Crippen LogP contribution in [0, 0.1) is 0 Å². The van der Waals surface area contributed by atoms with Crippen LogP contribution in [0.1, 0.15) is 18.9 Å². The SMILES string of the molecule is CC(=NCCCN1CC=NC1)c1c(O)cccc1O. The van der Waals surface area contributed by atoms with E-state index in [-0.39, 0.29) is 11.5 Å². The molecule has 0 amide bonds. The topological polar surface area (TPSA) is 68.4 Å². The van der Waals surface area contributed by atoms with E-state index in [0.717, 1.165) is 26.2 Å². The first-order valence-electron chi connectivity index (χ1n) is 6.41. The largest absolute Gasteiger partial charge is 0.507 e. The van der Waals surface area contributed by atoms with Crippen LogP contribution in [-0.2, 0) is 0 Å². The summed E-state index contributed by atoms with van der Waals surface area (Å²) in [6.45, 7) is 5.14. The Balaban J connectivity index is 1.88. The van der Waals surface area contributed by atoms with Gasteiger partial charge < -0.3 is 10.2 Å². The zero-order valence-corrected chi connectivity index (χ0v) is 11.1. The molecule has 0 spiro atoms. The smallest absolute Gasteiger partial charge is 0.128 e. The minimum atomic E-state index is 0.0641. The molecular formula is C14H19N3O2. The Hall–Kier alpha value is -1.88. The van der Waals surface area contributed by atoms with Gasteiger partial charge in [-0.15, -0.1) is 0 Å². The number of phenolic OH excluding ortho intramolecular Hbond substituents is 2. The molecule has 0 atom stereocenters. The predicted octanol–water partition coefficient (Wildman–Crippen LogP) is 1.64. The second-order valence-corrected chi connectivity index (χ2v) is 4.58. The standard InChI is InChI=1S/C14H19N3O2/c1-11(14-12(18)4-2-5-13(14)19)16-6-3-8-17-9-7-15-10-17/h2,4-5,7,18-19H,3,6,8-10H2,1H3. The monoisotopic (exact) mass is 261 g/mol. The van der Waals surface area contributed by atoms with Gasteiger partial charge in [-0.25, -0.2) is 0 Å². The van der Waals surface area contributed by atoms with Gasteiger partial charge in [-0.2, -0.15) is 0 Å². The van der Waals surface area contributed by atoms with E-state index in [2.05, 4.69) is 14.9 Å². The Bertz CT molecular complexity index is 469. The molecule has 0 saturated heterocycles. The van der Waals surface area contributed by atoms with E-state index in [1.807, 2.05) is 6.21 Å². The predicted molar refractivity (Wildman–Crippen MR) is 76.4 cm³/mol.